The van der Waals surface area contributed by atoms with Crippen LogP contribution in [0.1, 0.15) is 28.8 Å². The summed E-state index contributed by atoms with van der Waals surface area (Å²) in [6.07, 6.45) is 0. The summed E-state index contributed by atoms with van der Waals surface area (Å²) in [6.45, 7) is 0.609. The highest BCUT2D eigenvalue weighted by Crippen LogP contribution is 2.40. The molecular weight excluding hydrogens is 683 g/mol. The van der Waals surface area contributed by atoms with Gasteiger partial charge in [-0.15, -0.1) is 0 Å². The summed E-state index contributed by atoms with van der Waals surface area (Å²) in [7, 11) is 0. The number of nitrogens with one attached hydrogen (secondary N) is 2. The van der Waals surface area contributed by atoms with Crippen LogP contribution in [0.4, 0.5) is 0 Å². The number of fused-ring (bicyclic) bond motifs is 6. The maximum Gasteiger partial charge on any atom is 0.0655 e. The zero-order valence-corrected chi connectivity index (χ0v) is 30.9. The number of benzene rings is 8. The van der Waals surface area contributed by atoms with Gasteiger partial charge in [-0.3, -0.25) is 5.43 Å². The van der Waals surface area contributed by atoms with E-state index in [-0.39, 0.29) is 12.1 Å². The summed E-state index contributed by atoms with van der Waals surface area (Å²) < 4.78 is 4.84. The van der Waals surface area contributed by atoms with Crippen molar-refractivity contribution in [3.63, 3.8) is 0 Å². The molecule has 0 amide bonds. The molecule has 0 saturated carbocycles. The van der Waals surface area contributed by atoms with E-state index >= 15 is 0 Å². The number of para-hydroxylation sites is 2. The molecule has 0 radical (unpaired) electrons. The minimum absolute atomic E-state index is 0.130. The zero-order valence-electron chi connectivity index (χ0n) is 30.9. The fourth-order valence-corrected chi connectivity index (χ4v) is 8.40. The topological polar surface area (TPSA) is 59.9 Å². The number of aromatic nitrogens is 2. The highest BCUT2D eigenvalue weighted by molar-refractivity contribution is 6.19. The van der Waals surface area contributed by atoms with E-state index in [9.17, 15) is 0 Å². The normalized spacial score (nSPS) is 12.8. The minimum atomic E-state index is -0.239. The van der Waals surface area contributed by atoms with Gasteiger partial charge in [0.1, 0.15) is 0 Å². The maximum absolute atomic E-state index is 6.90. The fraction of sp³-hybridized carbons (Fsp3) is 0.0588. The summed E-state index contributed by atoms with van der Waals surface area (Å²) in [5, 5.41) is 4.95. The molecule has 1 unspecified atom stereocenters. The first-order chi connectivity index (χ1) is 27.7. The van der Waals surface area contributed by atoms with Crippen molar-refractivity contribution in [2.75, 3.05) is 0 Å². The number of hydrazine groups is 1. The SMILES string of the molecule is N[C@H](c1ccccc1)C(NNCc1cccc(-n2c3cc(-c4ccccc4)ccc3c3cc4c5ccccc5n(-c5ccccc5)c4cc32)c1)c1ccccc1. The molecule has 5 nitrogen and oxygen atoms in total. The first kappa shape index (κ1) is 33.8. The van der Waals surface area contributed by atoms with E-state index < -0.39 is 0 Å². The van der Waals surface area contributed by atoms with Crippen LogP contribution in [-0.4, -0.2) is 9.13 Å². The number of nitrogens with zero attached hydrogens (tertiary/aromatic N) is 2. The molecule has 5 heteroatoms. The highest BCUT2D eigenvalue weighted by atomic mass is 15.4. The Balaban J connectivity index is 1.09. The molecule has 2 heterocycles. The second-order valence-electron chi connectivity index (χ2n) is 14.5. The van der Waals surface area contributed by atoms with Gasteiger partial charge < -0.3 is 14.9 Å². The van der Waals surface area contributed by atoms with Crippen molar-refractivity contribution < 1.29 is 0 Å². The Morgan fingerprint density at radius 2 is 0.982 bits per heavy atom. The largest absolute Gasteiger partial charge is 0.322 e. The van der Waals surface area contributed by atoms with Gasteiger partial charge in [-0.2, -0.15) is 0 Å². The van der Waals surface area contributed by atoms with E-state index in [1.807, 2.05) is 24.3 Å². The minimum Gasteiger partial charge on any atom is -0.322 e. The van der Waals surface area contributed by atoms with Gasteiger partial charge in [0, 0.05) is 39.5 Å². The lowest BCUT2D eigenvalue weighted by atomic mass is 9.95. The fourth-order valence-electron chi connectivity index (χ4n) is 8.40. The lowest BCUT2D eigenvalue weighted by Crippen LogP contribution is -2.40. The molecule has 0 aliphatic rings. The van der Waals surface area contributed by atoms with Crippen molar-refractivity contribution in [2.24, 2.45) is 5.73 Å². The van der Waals surface area contributed by atoms with E-state index in [4.69, 9.17) is 5.73 Å². The second-order valence-corrected chi connectivity index (χ2v) is 14.5. The Morgan fingerprint density at radius 1 is 0.411 bits per heavy atom. The highest BCUT2D eigenvalue weighted by Gasteiger charge is 2.22. The van der Waals surface area contributed by atoms with E-state index in [1.165, 1.54) is 54.7 Å². The maximum atomic E-state index is 6.90. The quantitative estimate of drug-likeness (QED) is 0.123. The standard InChI is InChI=1S/C51H41N5/c52-50(37-19-7-2-8-20-37)51(38-21-9-3-10-22-38)54-53-34-35-16-15-25-41(30-35)56-47-31-39(36-17-5-1-6-18-36)28-29-43(47)45-32-44-42-26-13-14-27-46(42)55(48(44)33-49(45)56)40-23-11-4-12-24-40/h1-33,50-51,53-54H,34,52H2/t50-,51?/m1/s1. The molecule has 4 N–H and O–H groups in total. The van der Waals surface area contributed by atoms with Crippen LogP contribution in [-0.2, 0) is 6.54 Å². The average Bonchev–Trinajstić information content (AvgIpc) is 3.77. The van der Waals surface area contributed by atoms with Crippen molar-refractivity contribution >= 4 is 43.6 Å². The molecule has 270 valence electrons. The zero-order chi connectivity index (χ0) is 37.4. The Kier molecular flexibility index (Phi) is 8.73. The Bertz CT molecular complexity index is 2950. The summed E-state index contributed by atoms with van der Waals surface area (Å²) in [6, 6.07) is 71.0. The van der Waals surface area contributed by atoms with Gasteiger partial charge in [0.15, 0.2) is 0 Å². The van der Waals surface area contributed by atoms with Gasteiger partial charge in [0.05, 0.1) is 34.2 Å². The molecule has 56 heavy (non-hydrogen) atoms. The van der Waals surface area contributed by atoms with Crippen LogP contribution in [0.5, 0.6) is 0 Å². The van der Waals surface area contributed by atoms with Crippen molar-refractivity contribution in [3.8, 4) is 22.5 Å². The third kappa shape index (κ3) is 6.05. The number of nitrogens with two attached hydrogens (primary N) is 1. The van der Waals surface area contributed by atoms with Gasteiger partial charge in [0.2, 0.25) is 0 Å². The van der Waals surface area contributed by atoms with Gasteiger partial charge in [-0.1, -0.05) is 152 Å². The van der Waals surface area contributed by atoms with Crippen LogP contribution in [0, 0.1) is 0 Å². The monoisotopic (exact) mass is 723 g/mol. The first-order valence-electron chi connectivity index (χ1n) is 19.3. The summed E-state index contributed by atoms with van der Waals surface area (Å²) >= 11 is 0. The molecule has 10 aromatic rings. The Morgan fingerprint density at radius 3 is 1.71 bits per heavy atom. The van der Waals surface area contributed by atoms with Crippen molar-refractivity contribution in [1.29, 1.82) is 0 Å². The lowest BCUT2D eigenvalue weighted by Gasteiger charge is -2.26. The van der Waals surface area contributed by atoms with E-state index in [0.29, 0.717) is 6.54 Å². The van der Waals surface area contributed by atoms with Crippen LogP contribution in [0.15, 0.2) is 200 Å². The molecule has 8 aromatic carbocycles. The van der Waals surface area contributed by atoms with Crippen LogP contribution >= 0.6 is 0 Å². The van der Waals surface area contributed by atoms with Gasteiger partial charge in [0.25, 0.3) is 0 Å². The second kappa shape index (κ2) is 14.5. The predicted octanol–water partition coefficient (Wildman–Crippen LogP) is 11.6. The molecular formula is C51H41N5. The van der Waals surface area contributed by atoms with Crippen LogP contribution in [0.2, 0.25) is 0 Å². The molecule has 0 spiro atoms. The van der Waals surface area contributed by atoms with E-state index in [2.05, 4.69) is 196 Å². The molecule has 0 aliphatic heterocycles. The molecule has 0 saturated heterocycles. The van der Waals surface area contributed by atoms with Crippen LogP contribution in [0.25, 0.3) is 66.1 Å². The average molecular weight is 724 g/mol. The van der Waals surface area contributed by atoms with E-state index in [0.717, 1.165) is 28.1 Å². The predicted molar refractivity (Wildman–Crippen MR) is 233 cm³/mol. The number of hydrogen-bond acceptors (Lipinski definition) is 3. The smallest absolute Gasteiger partial charge is 0.0655 e. The number of hydrogen-bond donors (Lipinski definition) is 3. The molecule has 10 rings (SSSR count). The van der Waals surface area contributed by atoms with Crippen LogP contribution in [0.3, 0.4) is 0 Å². The summed E-state index contributed by atoms with van der Waals surface area (Å²) in [5.74, 6) is 0. The van der Waals surface area contributed by atoms with Crippen LogP contribution < -0.4 is 16.6 Å². The lowest BCUT2D eigenvalue weighted by molar-refractivity contribution is 0.385. The van der Waals surface area contributed by atoms with Crippen molar-refractivity contribution in [1.82, 2.24) is 20.0 Å². The molecule has 0 aliphatic carbocycles. The third-order valence-electron chi connectivity index (χ3n) is 11.1. The Hall–Kier alpha value is -6.76. The Labute approximate surface area is 326 Å². The summed E-state index contributed by atoms with van der Waals surface area (Å²) in [4.78, 5) is 0. The van der Waals surface area contributed by atoms with Gasteiger partial charge in [-0.05, 0) is 76.3 Å². The molecule has 0 fully saturated rings. The third-order valence-corrected chi connectivity index (χ3v) is 11.1. The van der Waals surface area contributed by atoms with Gasteiger partial charge in [-0.25, -0.2) is 5.43 Å². The van der Waals surface area contributed by atoms with Gasteiger partial charge >= 0.3 is 0 Å². The van der Waals surface area contributed by atoms with Crippen molar-refractivity contribution in [2.45, 2.75) is 18.6 Å². The van der Waals surface area contributed by atoms with E-state index in [1.54, 1.807) is 0 Å². The summed E-state index contributed by atoms with van der Waals surface area (Å²) in [5.41, 5.74) is 26.8. The first-order valence-corrected chi connectivity index (χ1v) is 19.3. The molecule has 2 atom stereocenters. The number of rotatable bonds is 10. The molecule has 0 bridgehead atoms. The molecule has 2 aromatic heterocycles. The van der Waals surface area contributed by atoms with Crippen molar-refractivity contribution in [3.05, 3.63) is 217 Å².